The number of halogens is 2. The van der Waals surface area contributed by atoms with Crippen molar-refractivity contribution in [2.24, 2.45) is 0 Å². The van der Waals surface area contributed by atoms with E-state index >= 15 is 0 Å². The van der Waals surface area contributed by atoms with Crippen molar-refractivity contribution < 1.29 is 25.1 Å². The standard InChI is InChI=1S/C22H22ClIO6S/c1-15-8-10-19(11-9-15)31(25,26)30-24(17-7-5-6-16(23)12-17)22-20(28-3)13-18(27-2)14-21(22)29-4/h5-14H,1-4H3. The molecule has 166 valence electrons. The zero-order valence-electron chi connectivity index (χ0n) is 17.4. The molecule has 0 saturated heterocycles. The van der Waals surface area contributed by atoms with Crippen LogP contribution in [0, 0.1) is 14.1 Å². The predicted molar refractivity (Wildman–Crippen MR) is 128 cm³/mol. The van der Waals surface area contributed by atoms with E-state index in [0.29, 0.717) is 29.4 Å². The summed E-state index contributed by atoms with van der Waals surface area (Å²) in [4.78, 5) is 0.0777. The van der Waals surface area contributed by atoms with Gasteiger partial charge in [-0.25, -0.2) is 0 Å². The van der Waals surface area contributed by atoms with Crippen LogP contribution in [0.3, 0.4) is 0 Å². The van der Waals surface area contributed by atoms with E-state index in [1.807, 2.05) is 6.92 Å². The first-order valence-electron chi connectivity index (χ1n) is 9.06. The Labute approximate surface area is 195 Å². The normalized spacial score (nSPS) is 11.7. The molecule has 3 rings (SSSR count). The van der Waals surface area contributed by atoms with Crippen LogP contribution in [-0.4, -0.2) is 29.7 Å². The summed E-state index contributed by atoms with van der Waals surface area (Å²) in [5.74, 6) is 1.35. The maximum absolute atomic E-state index is 13.2. The zero-order chi connectivity index (χ0) is 22.6. The maximum atomic E-state index is 13.2. The minimum atomic E-state index is -4.07. The molecule has 0 aliphatic rings. The number of benzene rings is 3. The molecule has 0 fully saturated rings. The molecule has 0 atom stereocenters. The Bertz CT molecular complexity index is 1140. The second kappa shape index (κ2) is 10.1. The number of ether oxygens (including phenoxy) is 3. The van der Waals surface area contributed by atoms with E-state index in [-0.39, 0.29) is 4.90 Å². The molecular weight excluding hydrogens is 555 g/mol. The zero-order valence-corrected chi connectivity index (χ0v) is 21.1. The van der Waals surface area contributed by atoms with Crippen molar-refractivity contribution >= 4 is 42.0 Å². The van der Waals surface area contributed by atoms with Crippen molar-refractivity contribution in [3.63, 3.8) is 0 Å². The van der Waals surface area contributed by atoms with Crippen LogP contribution in [0.5, 0.6) is 17.2 Å². The molecule has 0 aliphatic heterocycles. The monoisotopic (exact) mass is 576 g/mol. The third kappa shape index (κ3) is 5.43. The van der Waals surface area contributed by atoms with Gasteiger partial charge < -0.3 is 0 Å². The molecule has 0 N–H and O–H groups in total. The minimum absolute atomic E-state index is 0.0777. The molecule has 0 spiro atoms. The van der Waals surface area contributed by atoms with Crippen molar-refractivity contribution in [1.82, 2.24) is 0 Å². The summed E-state index contributed by atoms with van der Waals surface area (Å²) in [5, 5.41) is 0.475. The van der Waals surface area contributed by atoms with E-state index in [2.05, 4.69) is 0 Å². The van der Waals surface area contributed by atoms with Gasteiger partial charge in [-0.05, 0) is 0 Å². The fraction of sp³-hybridized carbons (Fsp3) is 0.182. The summed E-state index contributed by atoms with van der Waals surface area (Å²) in [6, 6.07) is 16.8. The quantitative estimate of drug-likeness (QED) is 0.328. The first kappa shape index (κ1) is 23.6. The second-order valence-electron chi connectivity index (χ2n) is 6.36. The molecule has 3 aromatic carbocycles. The van der Waals surface area contributed by atoms with E-state index < -0.39 is 30.4 Å². The third-order valence-corrected chi connectivity index (χ3v) is 12.0. The summed E-state index contributed by atoms with van der Waals surface area (Å²) in [6.07, 6.45) is 0. The topological polar surface area (TPSA) is 71.1 Å². The summed E-state index contributed by atoms with van der Waals surface area (Å²) in [7, 11) is 0.457. The van der Waals surface area contributed by atoms with Gasteiger partial charge in [0.15, 0.2) is 0 Å². The van der Waals surface area contributed by atoms with Crippen LogP contribution in [0.2, 0.25) is 5.02 Å². The van der Waals surface area contributed by atoms with Crippen molar-refractivity contribution in [2.45, 2.75) is 11.8 Å². The molecule has 0 aromatic heterocycles. The fourth-order valence-electron chi connectivity index (χ4n) is 2.70. The molecule has 31 heavy (non-hydrogen) atoms. The molecule has 0 saturated carbocycles. The van der Waals surface area contributed by atoms with E-state index in [4.69, 9.17) is 28.3 Å². The van der Waals surface area contributed by atoms with Gasteiger partial charge in [0, 0.05) is 0 Å². The van der Waals surface area contributed by atoms with Crippen LogP contribution >= 0.6 is 31.8 Å². The molecular formula is C22H22ClIO6S. The second-order valence-corrected chi connectivity index (χ2v) is 13.1. The van der Waals surface area contributed by atoms with E-state index in [1.54, 1.807) is 48.5 Å². The predicted octanol–water partition coefficient (Wildman–Crippen LogP) is 5.54. The Balaban J connectivity index is 2.20. The number of rotatable bonds is 8. The Morgan fingerprint density at radius 3 is 1.97 bits per heavy atom. The molecule has 9 heteroatoms. The summed E-state index contributed by atoms with van der Waals surface area (Å²) >= 11 is 3.07. The average Bonchev–Trinajstić information content (AvgIpc) is 2.77. The Morgan fingerprint density at radius 2 is 1.45 bits per heavy atom. The van der Waals surface area contributed by atoms with Crippen LogP contribution in [0.25, 0.3) is 0 Å². The Morgan fingerprint density at radius 1 is 0.839 bits per heavy atom. The number of aryl methyl sites for hydroxylation is 1. The number of methoxy groups -OCH3 is 3. The van der Waals surface area contributed by atoms with E-state index in [0.717, 1.165) is 5.56 Å². The first-order valence-corrected chi connectivity index (χ1v) is 13.9. The van der Waals surface area contributed by atoms with Crippen LogP contribution < -0.4 is 14.2 Å². The summed E-state index contributed by atoms with van der Waals surface area (Å²) < 4.78 is 50.0. The van der Waals surface area contributed by atoms with Crippen LogP contribution in [0.1, 0.15) is 5.56 Å². The van der Waals surface area contributed by atoms with Crippen LogP contribution in [-0.2, 0) is 12.6 Å². The van der Waals surface area contributed by atoms with Gasteiger partial charge in [0.2, 0.25) is 0 Å². The van der Waals surface area contributed by atoms with Crippen molar-refractivity contribution in [1.29, 1.82) is 0 Å². The molecule has 0 bridgehead atoms. The SMILES string of the molecule is COc1cc(OC)c(I(OS(=O)(=O)c2ccc(C)cc2)c2cccc(Cl)c2)c(OC)c1. The van der Waals surface area contributed by atoms with Gasteiger partial charge in [0.1, 0.15) is 0 Å². The van der Waals surface area contributed by atoms with Crippen molar-refractivity contribution in [2.75, 3.05) is 21.3 Å². The van der Waals surface area contributed by atoms with Gasteiger partial charge in [0.25, 0.3) is 0 Å². The van der Waals surface area contributed by atoms with Crippen molar-refractivity contribution in [3.8, 4) is 17.2 Å². The fourth-order valence-corrected chi connectivity index (χ4v) is 10.6. The molecule has 0 heterocycles. The third-order valence-electron chi connectivity index (χ3n) is 4.27. The molecule has 0 radical (unpaired) electrons. The Kier molecular flexibility index (Phi) is 7.68. The van der Waals surface area contributed by atoms with E-state index in [9.17, 15) is 8.42 Å². The molecule has 0 amide bonds. The first-order chi connectivity index (χ1) is 14.8. The summed E-state index contributed by atoms with van der Waals surface area (Å²) in [5.41, 5.74) is 0.947. The van der Waals surface area contributed by atoms with Gasteiger partial charge in [0.05, 0.1) is 0 Å². The molecule has 3 aromatic rings. The molecule has 0 unspecified atom stereocenters. The van der Waals surface area contributed by atoms with Gasteiger partial charge in [-0.15, -0.1) is 0 Å². The summed E-state index contributed by atoms with van der Waals surface area (Å²) in [6.45, 7) is 1.88. The van der Waals surface area contributed by atoms with Crippen LogP contribution in [0.15, 0.2) is 65.6 Å². The van der Waals surface area contributed by atoms with Gasteiger partial charge >= 0.3 is 196 Å². The number of hydrogen-bond donors (Lipinski definition) is 0. The van der Waals surface area contributed by atoms with Gasteiger partial charge in [-0.2, -0.15) is 0 Å². The van der Waals surface area contributed by atoms with Crippen molar-refractivity contribution in [3.05, 3.63) is 78.4 Å². The average molecular weight is 577 g/mol. The van der Waals surface area contributed by atoms with E-state index in [1.165, 1.54) is 33.5 Å². The van der Waals surface area contributed by atoms with Crippen LogP contribution in [0.4, 0.5) is 0 Å². The number of hydrogen-bond acceptors (Lipinski definition) is 6. The molecule has 6 nitrogen and oxygen atoms in total. The van der Waals surface area contributed by atoms with Gasteiger partial charge in [-0.1, -0.05) is 0 Å². The van der Waals surface area contributed by atoms with Gasteiger partial charge in [-0.3, -0.25) is 0 Å². The molecule has 0 aliphatic carbocycles. The Hall–Kier alpha value is -2.01.